The van der Waals surface area contributed by atoms with Gasteiger partial charge in [0.05, 0.1) is 23.3 Å². The van der Waals surface area contributed by atoms with Crippen LogP contribution in [-0.2, 0) is 6.61 Å². The summed E-state index contributed by atoms with van der Waals surface area (Å²) in [5, 5.41) is 12.8. The van der Waals surface area contributed by atoms with Crippen LogP contribution in [-0.4, -0.2) is 31.7 Å². The average Bonchev–Trinajstić information content (AvgIpc) is 3.19. The predicted octanol–water partition coefficient (Wildman–Crippen LogP) is 2.34. The van der Waals surface area contributed by atoms with Gasteiger partial charge in [-0.05, 0) is 37.8 Å². The molecule has 0 spiro atoms. The second kappa shape index (κ2) is 6.07. The third-order valence-electron chi connectivity index (χ3n) is 5.86. The molecule has 0 aliphatic carbocycles. The molecule has 2 aromatic heterocycles. The lowest BCUT2D eigenvalue weighted by atomic mass is 9.99. The predicted molar refractivity (Wildman–Crippen MR) is 99.9 cm³/mol. The summed E-state index contributed by atoms with van der Waals surface area (Å²) >= 11 is 0. The van der Waals surface area contributed by atoms with Gasteiger partial charge in [-0.25, -0.2) is 4.79 Å². The molecule has 4 heterocycles. The summed E-state index contributed by atoms with van der Waals surface area (Å²) in [4.78, 5) is 20.1. The van der Waals surface area contributed by atoms with E-state index in [4.69, 9.17) is 0 Å². The number of hydrogen-bond donors (Lipinski definition) is 3. The number of rotatable bonds is 3. The monoisotopic (exact) mass is 350 g/mol. The minimum atomic E-state index is -0.0737. The Kier molecular flexibility index (Phi) is 3.69. The van der Waals surface area contributed by atoms with Crippen molar-refractivity contribution >= 4 is 11.0 Å². The lowest BCUT2D eigenvalue weighted by Gasteiger charge is -2.29. The van der Waals surface area contributed by atoms with Crippen molar-refractivity contribution in [2.75, 3.05) is 0 Å². The van der Waals surface area contributed by atoms with Gasteiger partial charge in [-0.3, -0.25) is 9.55 Å². The molecule has 3 aromatic rings. The number of nitrogens with one attached hydrogen (secondary N) is 2. The molecule has 2 unspecified atom stereocenters. The molecule has 2 saturated heterocycles. The maximum absolute atomic E-state index is 12.8. The molecule has 2 aliphatic rings. The Balaban J connectivity index is 1.61. The lowest BCUT2D eigenvalue weighted by Crippen LogP contribution is -2.40. The van der Waals surface area contributed by atoms with Crippen molar-refractivity contribution in [1.82, 2.24) is 19.9 Å². The number of nitrogens with zero attached hydrogens (tertiary/aromatic N) is 2. The van der Waals surface area contributed by atoms with Crippen molar-refractivity contribution in [3.63, 3.8) is 0 Å². The van der Waals surface area contributed by atoms with E-state index >= 15 is 0 Å². The number of hydrogen-bond acceptors (Lipinski definition) is 4. The van der Waals surface area contributed by atoms with E-state index in [-0.39, 0.29) is 18.3 Å². The minimum Gasteiger partial charge on any atom is -0.390 e. The van der Waals surface area contributed by atoms with Crippen LogP contribution in [0.5, 0.6) is 0 Å². The highest BCUT2D eigenvalue weighted by Crippen LogP contribution is 2.36. The van der Waals surface area contributed by atoms with Gasteiger partial charge in [-0.1, -0.05) is 18.2 Å². The largest absolute Gasteiger partial charge is 0.390 e. The zero-order valence-electron chi connectivity index (χ0n) is 14.5. The standard InChI is InChI=1S/C20H22N4O2/c25-11-15-5-4-12(10-21-15)17-2-1-3-18-19(17)23-20(26)24(18)16-8-13-6-7-14(9-16)22-13/h1-5,10,13-14,16,22,25H,6-9,11H2,(H,23,26). The highest BCUT2D eigenvalue weighted by Gasteiger charge is 2.35. The Hall–Kier alpha value is -2.44. The fourth-order valence-corrected chi connectivity index (χ4v) is 4.67. The Bertz CT molecular complexity index is 993. The number of aliphatic hydroxyl groups excluding tert-OH is 1. The van der Waals surface area contributed by atoms with Crippen LogP contribution in [0.15, 0.2) is 41.3 Å². The van der Waals surface area contributed by atoms with Crippen LogP contribution in [0.2, 0.25) is 0 Å². The number of aromatic nitrogens is 3. The summed E-state index contributed by atoms with van der Waals surface area (Å²) in [5.41, 5.74) is 4.33. The molecule has 1 aromatic carbocycles. The van der Waals surface area contributed by atoms with Gasteiger partial charge in [0, 0.05) is 35.4 Å². The van der Waals surface area contributed by atoms with Crippen molar-refractivity contribution in [3.05, 3.63) is 52.7 Å². The van der Waals surface area contributed by atoms with Crippen LogP contribution < -0.4 is 11.0 Å². The molecule has 5 rings (SSSR count). The smallest absolute Gasteiger partial charge is 0.326 e. The first-order valence-corrected chi connectivity index (χ1v) is 9.28. The number of para-hydroxylation sites is 1. The third-order valence-corrected chi connectivity index (χ3v) is 5.86. The molecule has 2 aliphatic heterocycles. The molecule has 2 bridgehead atoms. The summed E-state index contributed by atoms with van der Waals surface area (Å²) in [5.74, 6) is 0. The zero-order chi connectivity index (χ0) is 17.7. The van der Waals surface area contributed by atoms with E-state index in [0.29, 0.717) is 17.8 Å². The summed E-state index contributed by atoms with van der Waals surface area (Å²) in [6, 6.07) is 11.1. The molecule has 6 nitrogen and oxygen atoms in total. The number of piperidine rings is 1. The van der Waals surface area contributed by atoms with Crippen LogP contribution in [0.4, 0.5) is 0 Å². The van der Waals surface area contributed by atoms with Crippen LogP contribution >= 0.6 is 0 Å². The van der Waals surface area contributed by atoms with Crippen molar-refractivity contribution in [2.24, 2.45) is 0 Å². The van der Waals surface area contributed by atoms with Gasteiger partial charge in [-0.2, -0.15) is 0 Å². The normalized spacial score (nSPS) is 25.0. The fraction of sp³-hybridized carbons (Fsp3) is 0.400. The van der Waals surface area contributed by atoms with Crippen LogP contribution in [0.25, 0.3) is 22.2 Å². The number of aliphatic hydroxyl groups is 1. The number of imidazole rings is 1. The molecule has 2 fully saturated rings. The van der Waals surface area contributed by atoms with E-state index in [0.717, 1.165) is 35.0 Å². The van der Waals surface area contributed by atoms with E-state index < -0.39 is 0 Å². The van der Waals surface area contributed by atoms with Gasteiger partial charge in [0.1, 0.15) is 0 Å². The quantitative estimate of drug-likeness (QED) is 0.677. The molecule has 0 saturated carbocycles. The molecular weight excluding hydrogens is 328 g/mol. The molecule has 6 heteroatoms. The zero-order valence-corrected chi connectivity index (χ0v) is 14.5. The first-order valence-electron chi connectivity index (χ1n) is 9.28. The maximum Gasteiger partial charge on any atom is 0.326 e. The first-order chi connectivity index (χ1) is 12.7. The van der Waals surface area contributed by atoms with Crippen molar-refractivity contribution in [1.29, 1.82) is 0 Å². The molecule has 0 amide bonds. The summed E-state index contributed by atoms with van der Waals surface area (Å²) < 4.78 is 1.96. The SMILES string of the molecule is O=c1[nH]c2c(-c3ccc(CO)nc3)cccc2n1C1CC2CCC(C1)N2. The van der Waals surface area contributed by atoms with E-state index in [1.165, 1.54) is 12.8 Å². The first kappa shape index (κ1) is 15.8. The van der Waals surface area contributed by atoms with E-state index in [9.17, 15) is 9.90 Å². The number of H-pyrrole nitrogens is 1. The Labute approximate surface area is 150 Å². The van der Waals surface area contributed by atoms with Gasteiger partial charge in [-0.15, -0.1) is 0 Å². The fourth-order valence-electron chi connectivity index (χ4n) is 4.67. The summed E-state index contributed by atoms with van der Waals surface area (Å²) in [6.45, 7) is -0.0737. The molecule has 3 N–H and O–H groups in total. The Morgan fingerprint density at radius 1 is 1.15 bits per heavy atom. The van der Waals surface area contributed by atoms with Crippen LogP contribution in [0, 0.1) is 0 Å². The van der Waals surface area contributed by atoms with Gasteiger partial charge < -0.3 is 15.4 Å². The van der Waals surface area contributed by atoms with E-state index in [1.54, 1.807) is 6.20 Å². The molecular formula is C20H22N4O2. The maximum atomic E-state index is 12.8. The number of fused-ring (bicyclic) bond motifs is 3. The summed E-state index contributed by atoms with van der Waals surface area (Å²) in [7, 11) is 0. The van der Waals surface area contributed by atoms with Gasteiger partial charge in [0.2, 0.25) is 0 Å². The van der Waals surface area contributed by atoms with E-state index in [1.807, 2.05) is 34.9 Å². The second-order valence-electron chi connectivity index (χ2n) is 7.46. The summed E-state index contributed by atoms with van der Waals surface area (Å²) in [6.07, 6.45) is 6.21. The average molecular weight is 350 g/mol. The van der Waals surface area contributed by atoms with Crippen molar-refractivity contribution < 1.29 is 5.11 Å². The van der Waals surface area contributed by atoms with Gasteiger partial charge in [0.25, 0.3) is 0 Å². The minimum absolute atomic E-state index is 0.0290. The molecule has 26 heavy (non-hydrogen) atoms. The highest BCUT2D eigenvalue weighted by molar-refractivity contribution is 5.91. The topological polar surface area (TPSA) is 82.9 Å². The van der Waals surface area contributed by atoms with Gasteiger partial charge >= 0.3 is 5.69 Å². The lowest BCUT2D eigenvalue weighted by molar-refractivity contribution is 0.277. The third kappa shape index (κ3) is 2.48. The van der Waals surface area contributed by atoms with Crippen LogP contribution in [0.3, 0.4) is 0 Å². The second-order valence-corrected chi connectivity index (χ2v) is 7.46. The Morgan fingerprint density at radius 2 is 1.96 bits per heavy atom. The Morgan fingerprint density at radius 3 is 2.65 bits per heavy atom. The van der Waals surface area contributed by atoms with Crippen molar-refractivity contribution in [3.8, 4) is 11.1 Å². The van der Waals surface area contributed by atoms with Crippen LogP contribution in [0.1, 0.15) is 37.4 Å². The van der Waals surface area contributed by atoms with Gasteiger partial charge in [0.15, 0.2) is 0 Å². The number of aromatic amines is 1. The molecule has 134 valence electrons. The number of pyridine rings is 1. The molecule has 2 atom stereocenters. The van der Waals surface area contributed by atoms with E-state index in [2.05, 4.69) is 15.3 Å². The van der Waals surface area contributed by atoms with Crippen molar-refractivity contribution in [2.45, 2.75) is 50.4 Å². The number of benzene rings is 1. The molecule has 0 radical (unpaired) electrons. The highest BCUT2D eigenvalue weighted by atomic mass is 16.3.